The molecule has 1 aromatic carbocycles. The second-order valence-corrected chi connectivity index (χ2v) is 6.61. The van der Waals surface area contributed by atoms with Gasteiger partial charge in [-0.2, -0.15) is 4.39 Å². The van der Waals surface area contributed by atoms with Gasteiger partial charge in [0, 0.05) is 25.4 Å². The number of methoxy groups -OCH3 is 1. The Labute approximate surface area is 138 Å². The van der Waals surface area contributed by atoms with E-state index in [-0.39, 0.29) is 24.0 Å². The van der Waals surface area contributed by atoms with Gasteiger partial charge in [-0.3, -0.25) is 9.59 Å². The van der Waals surface area contributed by atoms with E-state index in [0.717, 1.165) is 6.07 Å². The number of halogens is 2. The molecule has 5 nitrogen and oxygen atoms in total. The zero-order chi connectivity index (χ0) is 17.5. The van der Waals surface area contributed by atoms with Crippen LogP contribution < -0.4 is 4.74 Å². The van der Waals surface area contributed by atoms with Crippen molar-refractivity contribution >= 4 is 11.9 Å². The van der Waals surface area contributed by atoms with Crippen LogP contribution in [0.3, 0.4) is 0 Å². The van der Waals surface area contributed by atoms with E-state index in [1.807, 2.05) is 0 Å². The van der Waals surface area contributed by atoms with Gasteiger partial charge < -0.3 is 14.7 Å². The van der Waals surface area contributed by atoms with Gasteiger partial charge in [-0.25, -0.2) is 4.39 Å². The molecule has 0 bridgehead atoms. The van der Waals surface area contributed by atoms with Crippen LogP contribution in [0.2, 0.25) is 0 Å². The number of nitrogens with zero attached hydrogens (tertiary/aromatic N) is 1. The number of carbonyl (C=O) groups excluding carboxylic acids is 1. The van der Waals surface area contributed by atoms with E-state index in [1.165, 1.54) is 13.2 Å². The molecule has 130 valence electrons. The molecule has 1 atom stereocenters. The average Bonchev–Trinajstić information content (AvgIpc) is 3.16. The lowest BCUT2D eigenvalue weighted by Gasteiger charge is -2.19. The number of likely N-dealkylation sites (tertiary alicyclic amines) is 1. The van der Waals surface area contributed by atoms with E-state index in [0.29, 0.717) is 37.9 Å². The molecule has 1 saturated heterocycles. The van der Waals surface area contributed by atoms with Crippen molar-refractivity contribution in [3.8, 4) is 5.75 Å². The zero-order valence-electron chi connectivity index (χ0n) is 13.3. The summed E-state index contributed by atoms with van der Waals surface area (Å²) in [4.78, 5) is 25.1. The maximum Gasteiger partial charge on any atom is 0.310 e. The Balaban J connectivity index is 1.68. The third kappa shape index (κ3) is 2.95. The minimum absolute atomic E-state index is 0.0101. The fourth-order valence-electron chi connectivity index (χ4n) is 3.25. The molecule has 1 heterocycles. The Morgan fingerprint density at radius 3 is 2.67 bits per heavy atom. The molecular formula is C17H19F2NO4. The predicted molar refractivity (Wildman–Crippen MR) is 80.8 cm³/mol. The monoisotopic (exact) mass is 339 g/mol. The van der Waals surface area contributed by atoms with Gasteiger partial charge in [0.05, 0.1) is 12.5 Å². The van der Waals surface area contributed by atoms with Crippen molar-refractivity contribution in [2.75, 3.05) is 20.2 Å². The highest BCUT2D eigenvalue weighted by molar-refractivity contribution is 5.87. The van der Waals surface area contributed by atoms with E-state index in [9.17, 15) is 23.5 Å². The minimum atomic E-state index is -1.02. The van der Waals surface area contributed by atoms with Crippen molar-refractivity contribution in [1.82, 2.24) is 4.90 Å². The van der Waals surface area contributed by atoms with Crippen LogP contribution in [-0.4, -0.2) is 42.1 Å². The molecule has 1 aliphatic heterocycles. The van der Waals surface area contributed by atoms with E-state index in [4.69, 9.17) is 4.74 Å². The quantitative estimate of drug-likeness (QED) is 0.895. The third-order valence-electron chi connectivity index (χ3n) is 5.05. The van der Waals surface area contributed by atoms with Crippen LogP contribution >= 0.6 is 0 Å². The molecule has 2 aliphatic rings. The summed E-state index contributed by atoms with van der Waals surface area (Å²) in [6.45, 7) is 0.864. The Bertz CT molecular complexity index is 687. The SMILES string of the molecule is COc1cc(C2CCN(C(=O)CC3(C(=O)O)CC3)C2)cc(F)c1F. The normalized spacial score (nSPS) is 21.6. The number of amides is 1. The van der Waals surface area contributed by atoms with Crippen molar-refractivity contribution in [2.45, 2.75) is 31.6 Å². The largest absolute Gasteiger partial charge is 0.494 e. The second kappa shape index (κ2) is 6.03. The predicted octanol–water partition coefficient (Wildman–Crippen LogP) is 2.54. The highest BCUT2D eigenvalue weighted by Gasteiger charge is 2.52. The Morgan fingerprint density at radius 1 is 1.38 bits per heavy atom. The summed E-state index contributed by atoms with van der Waals surface area (Å²) in [6.07, 6.45) is 1.70. The summed E-state index contributed by atoms with van der Waals surface area (Å²) >= 11 is 0. The molecular weight excluding hydrogens is 320 g/mol. The smallest absolute Gasteiger partial charge is 0.310 e. The third-order valence-corrected chi connectivity index (χ3v) is 5.05. The van der Waals surface area contributed by atoms with Gasteiger partial charge in [-0.15, -0.1) is 0 Å². The summed E-state index contributed by atoms with van der Waals surface area (Å²) in [5, 5.41) is 9.18. The molecule has 7 heteroatoms. The maximum absolute atomic E-state index is 13.7. The molecule has 1 unspecified atom stereocenters. The standard InChI is InChI=1S/C17H19F2NO4/c1-24-13-7-11(6-12(18)15(13)19)10-2-5-20(9-10)14(21)8-17(3-4-17)16(22)23/h6-7,10H,2-5,8-9H2,1H3,(H,22,23). The van der Waals surface area contributed by atoms with Gasteiger partial charge in [-0.05, 0) is 37.0 Å². The molecule has 24 heavy (non-hydrogen) atoms. The number of hydrogen-bond donors (Lipinski definition) is 1. The van der Waals surface area contributed by atoms with Crippen LogP contribution in [0, 0.1) is 17.0 Å². The molecule has 0 radical (unpaired) electrons. The lowest BCUT2D eigenvalue weighted by molar-refractivity contribution is -0.147. The van der Waals surface area contributed by atoms with E-state index in [2.05, 4.69) is 0 Å². The van der Waals surface area contributed by atoms with Gasteiger partial charge in [-0.1, -0.05) is 0 Å². The molecule has 3 rings (SSSR count). The van der Waals surface area contributed by atoms with Crippen molar-refractivity contribution in [3.63, 3.8) is 0 Å². The maximum atomic E-state index is 13.7. The summed E-state index contributed by atoms with van der Waals surface area (Å²) < 4.78 is 32.0. The Kier molecular flexibility index (Phi) is 4.19. The van der Waals surface area contributed by atoms with Crippen molar-refractivity contribution in [2.24, 2.45) is 5.41 Å². The van der Waals surface area contributed by atoms with Crippen LogP contribution in [0.5, 0.6) is 5.75 Å². The van der Waals surface area contributed by atoms with Crippen molar-refractivity contribution in [1.29, 1.82) is 0 Å². The van der Waals surface area contributed by atoms with E-state index in [1.54, 1.807) is 4.90 Å². The van der Waals surface area contributed by atoms with E-state index >= 15 is 0 Å². The van der Waals surface area contributed by atoms with Crippen LogP contribution in [0.25, 0.3) is 0 Å². The number of carbonyl (C=O) groups is 2. The topological polar surface area (TPSA) is 66.8 Å². The molecule has 1 aliphatic carbocycles. The van der Waals surface area contributed by atoms with Crippen LogP contribution in [-0.2, 0) is 9.59 Å². The first-order valence-corrected chi connectivity index (χ1v) is 7.90. The van der Waals surface area contributed by atoms with Crippen LogP contribution in [0.4, 0.5) is 8.78 Å². The van der Waals surface area contributed by atoms with E-state index < -0.39 is 23.0 Å². The number of carboxylic acid groups (broad SMARTS) is 1. The molecule has 0 aromatic heterocycles. The van der Waals surface area contributed by atoms with Gasteiger partial charge in [0.25, 0.3) is 0 Å². The van der Waals surface area contributed by atoms with Gasteiger partial charge >= 0.3 is 5.97 Å². The lowest BCUT2D eigenvalue weighted by Crippen LogP contribution is -2.32. The number of rotatable bonds is 5. The summed E-state index contributed by atoms with van der Waals surface area (Å²) in [6, 6.07) is 2.59. The summed E-state index contributed by atoms with van der Waals surface area (Å²) in [7, 11) is 1.27. The number of hydrogen-bond acceptors (Lipinski definition) is 3. The van der Waals surface area contributed by atoms with Gasteiger partial charge in [0.1, 0.15) is 0 Å². The fraction of sp³-hybridized carbons (Fsp3) is 0.529. The first kappa shape index (κ1) is 16.7. The average molecular weight is 339 g/mol. The first-order chi connectivity index (χ1) is 11.4. The Hall–Kier alpha value is -2.18. The summed E-state index contributed by atoms with van der Waals surface area (Å²) in [5.74, 6) is -3.37. The summed E-state index contributed by atoms with van der Waals surface area (Å²) in [5.41, 5.74) is -0.305. The molecule has 1 amide bonds. The minimum Gasteiger partial charge on any atom is -0.494 e. The number of benzene rings is 1. The van der Waals surface area contributed by atoms with Crippen molar-refractivity contribution in [3.05, 3.63) is 29.3 Å². The number of ether oxygens (including phenoxy) is 1. The lowest BCUT2D eigenvalue weighted by atomic mass is 9.98. The molecule has 1 aromatic rings. The zero-order valence-corrected chi connectivity index (χ0v) is 13.3. The van der Waals surface area contributed by atoms with Crippen LogP contribution in [0.1, 0.15) is 37.2 Å². The Morgan fingerprint density at radius 2 is 2.08 bits per heavy atom. The molecule has 0 spiro atoms. The number of carboxylic acids is 1. The van der Waals surface area contributed by atoms with Gasteiger partial charge in [0.15, 0.2) is 11.6 Å². The fourth-order valence-corrected chi connectivity index (χ4v) is 3.25. The first-order valence-electron chi connectivity index (χ1n) is 7.90. The highest BCUT2D eigenvalue weighted by atomic mass is 19.2. The van der Waals surface area contributed by atoms with Gasteiger partial charge in [0.2, 0.25) is 11.7 Å². The second-order valence-electron chi connectivity index (χ2n) is 6.61. The van der Waals surface area contributed by atoms with Crippen LogP contribution in [0.15, 0.2) is 12.1 Å². The number of aliphatic carboxylic acids is 1. The van der Waals surface area contributed by atoms with Crippen molar-refractivity contribution < 1.29 is 28.2 Å². The molecule has 1 saturated carbocycles. The molecule has 1 N–H and O–H groups in total. The molecule has 2 fully saturated rings. The highest BCUT2D eigenvalue weighted by Crippen LogP contribution is 2.49.